The van der Waals surface area contributed by atoms with E-state index in [2.05, 4.69) is 10.2 Å². The molecule has 1 aromatic carbocycles. The molecule has 1 fully saturated rings. The second-order valence-corrected chi connectivity index (χ2v) is 6.88. The number of ether oxygens (including phenoxy) is 2. The molecule has 1 aromatic rings. The van der Waals surface area contributed by atoms with Gasteiger partial charge in [0.2, 0.25) is 5.91 Å². The molecular weight excluding hydrogens is 346 g/mol. The van der Waals surface area contributed by atoms with Crippen molar-refractivity contribution in [2.75, 3.05) is 50.8 Å². The number of fused-ring (bicyclic) bond motifs is 1. The molecule has 1 N–H and O–H groups in total. The van der Waals surface area contributed by atoms with E-state index in [9.17, 15) is 9.59 Å². The molecule has 2 aliphatic rings. The number of amides is 2. The van der Waals surface area contributed by atoms with E-state index < -0.39 is 6.10 Å². The Morgan fingerprint density at radius 2 is 2.00 bits per heavy atom. The first kappa shape index (κ1) is 19.6. The number of anilines is 1. The summed E-state index contributed by atoms with van der Waals surface area (Å²) in [5.74, 6) is 0.605. The Labute approximate surface area is 160 Å². The van der Waals surface area contributed by atoms with E-state index in [-0.39, 0.29) is 18.2 Å². The van der Waals surface area contributed by atoms with Crippen LogP contribution in [-0.4, -0.2) is 68.8 Å². The summed E-state index contributed by atoms with van der Waals surface area (Å²) < 4.78 is 11.1. The number of morpholine rings is 1. The van der Waals surface area contributed by atoms with E-state index >= 15 is 0 Å². The van der Waals surface area contributed by atoms with Gasteiger partial charge in [-0.2, -0.15) is 0 Å². The molecule has 7 nitrogen and oxygen atoms in total. The lowest BCUT2D eigenvalue weighted by atomic mass is 10.1. The molecule has 1 unspecified atom stereocenters. The molecule has 0 spiro atoms. The zero-order valence-corrected chi connectivity index (χ0v) is 16.0. The van der Waals surface area contributed by atoms with Gasteiger partial charge in [-0.15, -0.1) is 0 Å². The predicted octanol–water partition coefficient (Wildman–Crippen LogP) is 1.42. The van der Waals surface area contributed by atoms with Crippen LogP contribution in [-0.2, 0) is 14.3 Å². The lowest BCUT2D eigenvalue weighted by molar-refractivity contribution is -0.126. The average Bonchev–Trinajstić information content (AvgIpc) is 2.71. The van der Waals surface area contributed by atoms with Crippen LogP contribution in [0.25, 0.3) is 0 Å². The summed E-state index contributed by atoms with van der Waals surface area (Å²) in [6.07, 6.45) is 1.34. The number of hydrogen-bond donors (Lipinski definition) is 1. The molecule has 2 heterocycles. The zero-order chi connectivity index (χ0) is 19.1. The third kappa shape index (κ3) is 5.20. The van der Waals surface area contributed by atoms with Crippen LogP contribution < -0.4 is 15.0 Å². The summed E-state index contributed by atoms with van der Waals surface area (Å²) in [4.78, 5) is 28.8. The summed E-state index contributed by atoms with van der Waals surface area (Å²) in [7, 11) is 0. The molecule has 0 bridgehead atoms. The Bertz CT molecular complexity index is 646. The summed E-state index contributed by atoms with van der Waals surface area (Å²) in [6, 6.07) is 7.49. The molecule has 0 saturated carbocycles. The smallest absolute Gasteiger partial charge is 0.268 e. The van der Waals surface area contributed by atoms with Crippen molar-refractivity contribution in [2.45, 2.75) is 32.3 Å². The van der Waals surface area contributed by atoms with E-state index in [4.69, 9.17) is 9.47 Å². The molecule has 7 heteroatoms. The van der Waals surface area contributed by atoms with E-state index in [1.807, 2.05) is 31.2 Å². The van der Waals surface area contributed by atoms with E-state index in [0.717, 1.165) is 45.0 Å². The minimum absolute atomic E-state index is 0.0261. The van der Waals surface area contributed by atoms with Gasteiger partial charge in [0.1, 0.15) is 5.75 Å². The Morgan fingerprint density at radius 3 is 2.78 bits per heavy atom. The van der Waals surface area contributed by atoms with Gasteiger partial charge in [0.05, 0.1) is 18.9 Å². The van der Waals surface area contributed by atoms with Crippen molar-refractivity contribution in [3.05, 3.63) is 24.3 Å². The number of rotatable bonds is 8. The quantitative estimate of drug-likeness (QED) is 0.696. The number of nitrogens with zero attached hydrogens (tertiary/aromatic N) is 2. The summed E-state index contributed by atoms with van der Waals surface area (Å²) in [5, 5.41) is 2.96. The molecule has 0 aromatic heterocycles. The van der Waals surface area contributed by atoms with Crippen LogP contribution in [0.15, 0.2) is 24.3 Å². The van der Waals surface area contributed by atoms with Crippen molar-refractivity contribution < 1.29 is 19.1 Å². The normalized spacial score (nSPS) is 20.1. The van der Waals surface area contributed by atoms with Gasteiger partial charge in [0.25, 0.3) is 5.91 Å². The fraction of sp³-hybridized carbons (Fsp3) is 0.600. The topological polar surface area (TPSA) is 71.1 Å². The summed E-state index contributed by atoms with van der Waals surface area (Å²) in [6.45, 7) is 7.43. The highest BCUT2D eigenvalue weighted by molar-refractivity contribution is 6.00. The summed E-state index contributed by atoms with van der Waals surface area (Å²) in [5.41, 5.74) is 0.743. The van der Waals surface area contributed by atoms with E-state index in [1.54, 1.807) is 4.90 Å². The standard InChI is InChI=1S/C20H29N3O4/c1-2-17-20(25)23(16-6-3-4-7-18(16)27-17)11-8-19(24)21-9-5-10-22-12-14-26-15-13-22/h3-4,6-7,17H,2,5,8-15H2,1H3,(H,21,24). The Morgan fingerprint density at radius 1 is 1.22 bits per heavy atom. The highest BCUT2D eigenvalue weighted by Crippen LogP contribution is 2.34. The summed E-state index contributed by atoms with van der Waals surface area (Å²) >= 11 is 0. The minimum Gasteiger partial charge on any atom is -0.478 e. The molecule has 2 amide bonds. The molecule has 27 heavy (non-hydrogen) atoms. The van der Waals surface area contributed by atoms with Crippen molar-refractivity contribution in [2.24, 2.45) is 0 Å². The lowest BCUT2D eigenvalue weighted by Gasteiger charge is -2.34. The van der Waals surface area contributed by atoms with Crippen LogP contribution >= 0.6 is 0 Å². The van der Waals surface area contributed by atoms with Crippen LogP contribution in [0.3, 0.4) is 0 Å². The second kappa shape index (κ2) is 9.71. The first-order chi connectivity index (χ1) is 13.2. The first-order valence-corrected chi connectivity index (χ1v) is 9.83. The van der Waals surface area contributed by atoms with Crippen LogP contribution in [0, 0.1) is 0 Å². The van der Waals surface area contributed by atoms with Crippen molar-refractivity contribution in [3.8, 4) is 5.75 Å². The maximum absolute atomic E-state index is 12.6. The fourth-order valence-electron chi connectivity index (χ4n) is 3.42. The van der Waals surface area contributed by atoms with Gasteiger partial charge in [0, 0.05) is 32.6 Å². The minimum atomic E-state index is -0.475. The third-order valence-electron chi connectivity index (χ3n) is 4.98. The fourth-order valence-corrected chi connectivity index (χ4v) is 3.42. The van der Waals surface area contributed by atoms with Crippen molar-refractivity contribution in [1.82, 2.24) is 10.2 Å². The monoisotopic (exact) mass is 375 g/mol. The van der Waals surface area contributed by atoms with Crippen molar-refractivity contribution >= 4 is 17.5 Å². The molecule has 2 aliphatic heterocycles. The number of carbonyl (C=O) groups excluding carboxylic acids is 2. The molecule has 3 rings (SSSR count). The molecule has 148 valence electrons. The molecule has 1 saturated heterocycles. The lowest BCUT2D eigenvalue weighted by Crippen LogP contribution is -2.47. The van der Waals surface area contributed by atoms with Gasteiger partial charge >= 0.3 is 0 Å². The van der Waals surface area contributed by atoms with E-state index in [1.165, 1.54) is 0 Å². The van der Waals surface area contributed by atoms with Crippen molar-refractivity contribution in [3.63, 3.8) is 0 Å². The van der Waals surface area contributed by atoms with Crippen LogP contribution in [0.4, 0.5) is 5.69 Å². The maximum Gasteiger partial charge on any atom is 0.268 e. The largest absolute Gasteiger partial charge is 0.478 e. The highest BCUT2D eigenvalue weighted by Gasteiger charge is 2.33. The maximum atomic E-state index is 12.6. The van der Waals surface area contributed by atoms with Crippen LogP contribution in [0.2, 0.25) is 0 Å². The number of para-hydroxylation sites is 2. The Balaban J connectivity index is 1.44. The second-order valence-electron chi connectivity index (χ2n) is 6.88. The molecule has 0 radical (unpaired) electrons. The van der Waals surface area contributed by atoms with Crippen LogP contribution in [0.1, 0.15) is 26.2 Å². The Kier molecular flexibility index (Phi) is 7.06. The first-order valence-electron chi connectivity index (χ1n) is 9.83. The Hall–Kier alpha value is -2.12. The SMILES string of the molecule is CCC1Oc2ccccc2N(CCC(=O)NCCCN2CCOCC2)C1=O. The number of nitrogens with one attached hydrogen (secondary N) is 1. The average molecular weight is 375 g/mol. The third-order valence-corrected chi connectivity index (χ3v) is 4.98. The van der Waals surface area contributed by atoms with Gasteiger partial charge in [-0.25, -0.2) is 0 Å². The van der Waals surface area contributed by atoms with E-state index in [0.29, 0.717) is 25.3 Å². The number of hydrogen-bond acceptors (Lipinski definition) is 5. The van der Waals surface area contributed by atoms with Gasteiger partial charge < -0.3 is 19.7 Å². The van der Waals surface area contributed by atoms with Crippen molar-refractivity contribution in [1.29, 1.82) is 0 Å². The number of benzene rings is 1. The van der Waals surface area contributed by atoms with Gasteiger partial charge in [-0.3, -0.25) is 14.5 Å². The molecular formula is C20H29N3O4. The highest BCUT2D eigenvalue weighted by atomic mass is 16.5. The molecule has 1 atom stereocenters. The molecule has 0 aliphatic carbocycles. The predicted molar refractivity (Wildman–Crippen MR) is 103 cm³/mol. The van der Waals surface area contributed by atoms with Gasteiger partial charge in [0.15, 0.2) is 6.10 Å². The zero-order valence-electron chi connectivity index (χ0n) is 16.0. The number of carbonyl (C=O) groups is 2. The van der Waals surface area contributed by atoms with Gasteiger partial charge in [-0.1, -0.05) is 19.1 Å². The van der Waals surface area contributed by atoms with Gasteiger partial charge in [-0.05, 0) is 31.5 Å². The van der Waals surface area contributed by atoms with Crippen LogP contribution in [0.5, 0.6) is 5.75 Å².